The van der Waals surface area contributed by atoms with Crippen molar-refractivity contribution < 1.29 is 8.42 Å². The maximum atomic E-state index is 11.4. The number of nitrogens with zero attached hydrogens (tertiary/aromatic N) is 2. The summed E-state index contributed by atoms with van der Waals surface area (Å²) in [5.41, 5.74) is 8.21. The molecular formula is C12H15N3O2S. The second-order valence-electron chi connectivity index (χ2n) is 4.79. The molecule has 0 radical (unpaired) electrons. The van der Waals surface area contributed by atoms with Crippen LogP contribution < -0.4 is 5.73 Å². The molecule has 6 heteroatoms. The average Bonchev–Trinajstić information content (AvgIpc) is 2.74. The Balaban J connectivity index is 1.94. The maximum absolute atomic E-state index is 11.4. The highest BCUT2D eigenvalue weighted by Crippen LogP contribution is 2.29. The number of imidazole rings is 1. The van der Waals surface area contributed by atoms with Gasteiger partial charge in [0.2, 0.25) is 0 Å². The Morgan fingerprint density at radius 1 is 1.33 bits per heavy atom. The van der Waals surface area contributed by atoms with E-state index in [1.807, 2.05) is 28.9 Å². The zero-order valence-electron chi connectivity index (χ0n) is 9.91. The van der Waals surface area contributed by atoms with Gasteiger partial charge in [-0.2, -0.15) is 0 Å². The molecule has 1 aliphatic heterocycles. The lowest BCUT2D eigenvalue weighted by Crippen LogP contribution is -2.22. The van der Waals surface area contributed by atoms with Gasteiger partial charge in [0.25, 0.3) is 0 Å². The normalized spacial score (nSPS) is 20.2. The molecule has 0 aromatic carbocycles. The van der Waals surface area contributed by atoms with Gasteiger partial charge in [-0.3, -0.25) is 0 Å². The summed E-state index contributed by atoms with van der Waals surface area (Å²) in [4.78, 5) is 4.53. The van der Waals surface area contributed by atoms with Crippen LogP contribution in [0, 0.1) is 0 Å². The van der Waals surface area contributed by atoms with Gasteiger partial charge < -0.3 is 10.1 Å². The van der Waals surface area contributed by atoms with E-state index in [4.69, 9.17) is 5.73 Å². The molecular weight excluding hydrogens is 250 g/mol. The number of hydrogen-bond donors (Lipinski definition) is 1. The van der Waals surface area contributed by atoms with E-state index in [9.17, 15) is 8.42 Å². The molecule has 2 N–H and O–H groups in total. The first-order chi connectivity index (χ1) is 8.55. The number of sulfone groups is 1. The molecule has 2 aromatic rings. The molecule has 0 bridgehead atoms. The second-order valence-corrected chi connectivity index (χ2v) is 7.09. The van der Waals surface area contributed by atoms with Crippen molar-refractivity contribution in [1.29, 1.82) is 0 Å². The van der Waals surface area contributed by atoms with Crippen LogP contribution in [0.5, 0.6) is 0 Å². The summed E-state index contributed by atoms with van der Waals surface area (Å²) in [7, 11) is -2.82. The Hall–Kier alpha value is -1.56. The lowest BCUT2D eigenvalue weighted by Gasteiger charge is -2.19. The minimum Gasteiger partial charge on any atom is -0.396 e. The van der Waals surface area contributed by atoms with Crippen molar-refractivity contribution in [2.24, 2.45) is 0 Å². The average molecular weight is 265 g/mol. The summed E-state index contributed by atoms with van der Waals surface area (Å²) in [5, 5.41) is 0. The molecule has 96 valence electrons. The monoisotopic (exact) mass is 265 g/mol. The number of rotatable bonds is 1. The fraction of sp³-hybridized carbons (Fsp3) is 0.417. The van der Waals surface area contributed by atoms with Crippen molar-refractivity contribution in [3.05, 3.63) is 30.2 Å². The van der Waals surface area contributed by atoms with Gasteiger partial charge in [0, 0.05) is 18.3 Å². The number of nitrogen functional groups attached to an aromatic ring is 1. The number of anilines is 1. The summed E-state index contributed by atoms with van der Waals surface area (Å²) < 4.78 is 24.7. The Labute approximate surface area is 106 Å². The molecule has 3 heterocycles. The van der Waals surface area contributed by atoms with Crippen LogP contribution in [0.1, 0.15) is 24.5 Å². The second kappa shape index (κ2) is 3.98. The van der Waals surface area contributed by atoms with Crippen molar-refractivity contribution in [3.8, 4) is 0 Å². The van der Waals surface area contributed by atoms with E-state index < -0.39 is 9.84 Å². The third-order valence-electron chi connectivity index (χ3n) is 3.50. The first kappa shape index (κ1) is 11.5. The van der Waals surface area contributed by atoms with Crippen LogP contribution in [0.25, 0.3) is 5.65 Å². The topological polar surface area (TPSA) is 77.5 Å². The van der Waals surface area contributed by atoms with Gasteiger partial charge in [-0.15, -0.1) is 0 Å². The largest absolute Gasteiger partial charge is 0.396 e. The number of fused-ring (bicyclic) bond motifs is 1. The predicted octanol–water partition coefficient (Wildman–Crippen LogP) is 1.21. The van der Waals surface area contributed by atoms with Gasteiger partial charge in [-0.25, -0.2) is 13.4 Å². The van der Waals surface area contributed by atoms with Crippen LogP contribution in [0.4, 0.5) is 5.69 Å². The van der Waals surface area contributed by atoms with Gasteiger partial charge in [-0.05, 0) is 25.0 Å². The Morgan fingerprint density at radius 2 is 2.06 bits per heavy atom. The number of pyridine rings is 1. The fourth-order valence-electron chi connectivity index (χ4n) is 2.44. The third kappa shape index (κ3) is 1.96. The molecule has 1 fully saturated rings. The fourth-order valence-corrected chi connectivity index (χ4v) is 3.93. The van der Waals surface area contributed by atoms with Crippen LogP contribution in [0.2, 0.25) is 0 Å². The summed E-state index contributed by atoms with van der Waals surface area (Å²) in [5.74, 6) is 0.759. The Bertz CT molecular complexity index is 676. The summed E-state index contributed by atoms with van der Waals surface area (Å²) in [6.07, 6.45) is 5.17. The number of hydrogen-bond acceptors (Lipinski definition) is 4. The van der Waals surface area contributed by atoms with Gasteiger partial charge in [0.15, 0.2) is 5.65 Å². The third-order valence-corrected chi connectivity index (χ3v) is 5.22. The first-order valence-electron chi connectivity index (χ1n) is 5.99. The van der Waals surface area contributed by atoms with Gasteiger partial charge in [-0.1, -0.05) is 0 Å². The highest BCUT2D eigenvalue weighted by Gasteiger charge is 2.26. The first-order valence-corrected chi connectivity index (χ1v) is 7.81. The summed E-state index contributed by atoms with van der Waals surface area (Å²) in [6, 6.07) is 3.69. The quantitative estimate of drug-likeness (QED) is 0.840. The van der Waals surface area contributed by atoms with Crippen molar-refractivity contribution in [2.75, 3.05) is 17.2 Å². The highest BCUT2D eigenvalue weighted by molar-refractivity contribution is 7.91. The van der Waals surface area contributed by atoms with E-state index in [0.717, 1.165) is 11.3 Å². The van der Waals surface area contributed by atoms with Crippen LogP contribution >= 0.6 is 0 Å². The van der Waals surface area contributed by atoms with Crippen molar-refractivity contribution in [1.82, 2.24) is 9.38 Å². The molecule has 5 nitrogen and oxygen atoms in total. The number of nitrogens with two attached hydrogens (primary N) is 1. The summed E-state index contributed by atoms with van der Waals surface area (Å²) in [6.45, 7) is 0. The minimum absolute atomic E-state index is 0.229. The Morgan fingerprint density at radius 3 is 2.72 bits per heavy atom. The van der Waals surface area contributed by atoms with E-state index in [1.165, 1.54) is 0 Å². The van der Waals surface area contributed by atoms with Crippen LogP contribution in [-0.2, 0) is 9.84 Å². The summed E-state index contributed by atoms with van der Waals surface area (Å²) >= 11 is 0. The molecule has 3 rings (SSSR count). The maximum Gasteiger partial charge on any atom is 0.160 e. The standard InChI is InChI=1S/C12H15N3O2S/c13-10-2-1-5-15-8-11(14-12(10)15)9-3-6-18(16,17)7-4-9/h1-2,5,8-9H,3-4,6-7,13H2. The molecule has 0 aliphatic carbocycles. The van der Waals surface area contributed by atoms with Gasteiger partial charge in [0.1, 0.15) is 9.84 Å². The molecule has 18 heavy (non-hydrogen) atoms. The molecule has 2 aromatic heterocycles. The van der Waals surface area contributed by atoms with E-state index in [1.54, 1.807) is 0 Å². The molecule has 0 amide bonds. The van der Waals surface area contributed by atoms with E-state index in [-0.39, 0.29) is 17.4 Å². The minimum atomic E-state index is -2.82. The van der Waals surface area contributed by atoms with Gasteiger partial charge >= 0.3 is 0 Å². The van der Waals surface area contributed by atoms with Gasteiger partial charge in [0.05, 0.1) is 22.9 Å². The lowest BCUT2D eigenvalue weighted by molar-refractivity contribution is 0.546. The van der Waals surface area contributed by atoms with Crippen LogP contribution in [0.15, 0.2) is 24.5 Å². The van der Waals surface area contributed by atoms with Crippen LogP contribution in [-0.4, -0.2) is 29.3 Å². The van der Waals surface area contributed by atoms with E-state index in [2.05, 4.69) is 4.98 Å². The lowest BCUT2D eigenvalue weighted by atomic mass is 10.00. The number of aromatic nitrogens is 2. The van der Waals surface area contributed by atoms with Crippen molar-refractivity contribution in [2.45, 2.75) is 18.8 Å². The zero-order valence-corrected chi connectivity index (χ0v) is 10.7. The highest BCUT2D eigenvalue weighted by atomic mass is 32.2. The zero-order chi connectivity index (χ0) is 12.8. The molecule has 0 unspecified atom stereocenters. The molecule has 0 saturated carbocycles. The molecule has 0 atom stereocenters. The molecule has 0 spiro atoms. The smallest absolute Gasteiger partial charge is 0.160 e. The van der Waals surface area contributed by atoms with E-state index in [0.29, 0.717) is 18.5 Å². The predicted molar refractivity (Wildman–Crippen MR) is 70.2 cm³/mol. The Kier molecular flexibility index (Phi) is 2.55. The van der Waals surface area contributed by atoms with Crippen LogP contribution in [0.3, 0.4) is 0 Å². The van der Waals surface area contributed by atoms with Crippen molar-refractivity contribution >= 4 is 21.2 Å². The molecule has 1 aliphatic rings. The van der Waals surface area contributed by atoms with E-state index >= 15 is 0 Å². The SMILES string of the molecule is Nc1cccn2cc(C3CCS(=O)(=O)CC3)nc12. The van der Waals surface area contributed by atoms with Crippen molar-refractivity contribution in [3.63, 3.8) is 0 Å². The molecule has 1 saturated heterocycles.